The average molecular weight is 404 g/mol. The van der Waals surface area contributed by atoms with Gasteiger partial charge in [-0.2, -0.15) is 13.2 Å². The summed E-state index contributed by atoms with van der Waals surface area (Å²) in [6.07, 6.45) is -3.12. The number of hydrazine groups is 1. The van der Waals surface area contributed by atoms with Gasteiger partial charge in [-0.1, -0.05) is 37.6 Å². The summed E-state index contributed by atoms with van der Waals surface area (Å²) in [6, 6.07) is 13.1. The Morgan fingerprint density at radius 3 is 2.38 bits per heavy atom. The molecule has 0 fully saturated rings. The van der Waals surface area contributed by atoms with Crippen molar-refractivity contribution in [2.24, 2.45) is 0 Å². The van der Waals surface area contributed by atoms with Gasteiger partial charge in [-0.15, -0.1) is 16.6 Å². The number of sulfonamides is 1. The highest BCUT2D eigenvalue weighted by molar-refractivity contribution is 8.00. The minimum absolute atomic E-state index is 0.261. The fourth-order valence-corrected chi connectivity index (χ4v) is 4.27. The van der Waals surface area contributed by atoms with Crippen molar-refractivity contribution in [2.75, 3.05) is 0 Å². The van der Waals surface area contributed by atoms with Gasteiger partial charge < -0.3 is 0 Å². The molecule has 0 saturated heterocycles. The fraction of sp³-hybridized carbons (Fsp3) is 0.294. The Bertz CT molecular complexity index is 812. The highest BCUT2D eigenvalue weighted by Gasteiger charge is 2.31. The van der Waals surface area contributed by atoms with Crippen molar-refractivity contribution in [1.29, 1.82) is 0 Å². The first-order valence-corrected chi connectivity index (χ1v) is 10.2. The smallest absolute Gasteiger partial charge is 0.230 e. The molecular formula is C17H19F3N2O2S2. The van der Waals surface area contributed by atoms with E-state index in [4.69, 9.17) is 0 Å². The second-order valence-electron chi connectivity index (χ2n) is 5.48. The monoisotopic (exact) mass is 404 g/mol. The molecule has 2 rings (SSSR count). The second kappa shape index (κ2) is 8.90. The summed E-state index contributed by atoms with van der Waals surface area (Å²) in [5.74, 6) is 0. The molecule has 1 atom stereocenters. The number of hydrogen-bond donors (Lipinski definition) is 2. The number of rotatable bonds is 8. The first kappa shape index (κ1) is 20.8. The molecule has 0 radical (unpaired) electrons. The third-order valence-electron chi connectivity index (χ3n) is 3.40. The molecule has 9 heteroatoms. The predicted octanol–water partition coefficient (Wildman–Crippen LogP) is 4.41. The van der Waals surface area contributed by atoms with Crippen LogP contribution in [-0.2, 0) is 16.2 Å². The summed E-state index contributed by atoms with van der Waals surface area (Å²) in [5, 5.41) is -0.261. The van der Waals surface area contributed by atoms with Crippen LogP contribution in [0.5, 0.6) is 0 Å². The molecule has 26 heavy (non-hydrogen) atoms. The molecule has 0 aliphatic rings. The third kappa shape index (κ3) is 6.01. The zero-order valence-corrected chi connectivity index (χ0v) is 15.6. The Morgan fingerprint density at radius 1 is 1.08 bits per heavy atom. The van der Waals surface area contributed by atoms with Gasteiger partial charge in [-0.25, -0.2) is 13.8 Å². The number of benzene rings is 2. The van der Waals surface area contributed by atoms with E-state index in [1.54, 1.807) is 0 Å². The zero-order valence-electron chi connectivity index (χ0n) is 14.0. The van der Waals surface area contributed by atoms with E-state index in [0.717, 1.165) is 29.5 Å². The Balaban J connectivity index is 2.10. The Morgan fingerprint density at radius 2 is 1.77 bits per heavy atom. The van der Waals surface area contributed by atoms with Gasteiger partial charge >= 0.3 is 6.18 Å². The maximum atomic E-state index is 12.8. The van der Waals surface area contributed by atoms with Crippen LogP contribution in [0.2, 0.25) is 0 Å². The van der Waals surface area contributed by atoms with Crippen molar-refractivity contribution >= 4 is 21.8 Å². The van der Waals surface area contributed by atoms with Crippen LogP contribution in [-0.4, -0.2) is 13.8 Å². The summed E-state index contributed by atoms with van der Waals surface area (Å²) in [7, 11) is -4.12. The SMILES string of the molecule is CCCC(NNS(=O)(=O)c1cccc(C(F)(F)F)c1)Sc1ccccc1. The number of hydrogen-bond acceptors (Lipinski definition) is 4. The number of halogens is 3. The van der Waals surface area contributed by atoms with Crippen molar-refractivity contribution < 1.29 is 21.6 Å². The lowest BCUT2D eigenvalue weighted by molar-refractivity contribution is -0.137. The molecule has 2 N–H and O–H groups in total. The first-order valence-electron chi connectivity index (χ1n) is 7.88. The lowest BCUT2D eigenvalue weighted by Crippen LogP contribution is -2.42. The van der Waals surface area contributed by atoms with Crippen LogP contribution in [0.15, 0.2) is 64.4 Å². The minimum Gasteiger partial charge on any atom is -0.230 e. The predicted molar refractivity (Wildman–Crippen MR) is 95.9 cm³/mol. The van der Waals surface area contributed by atoms with Crippen LogP contribution in [0.3, 0.4) is 0 Å². The van der Waals surface area contributed by atoms with Gasteiger partial charge in [-0.05, 0) is 36.8 Å². The highest BCUT2D eigenvalue weighted by Crippen LogP contribution is 2.30. The number of nitrogens with one attached hydrogen (secondary N) is 2. The summed E-state index contributed by atoms with van der Waals surface area (Å²) in [5.41, 5.74) is 1.70. The van der Waals surface area contributed by atoms with E-state index < -0.39 is 26.7 Å². The summed E-state index contributed by atoms with van der Waals surface area (Å²) < 4.78 is 63.0. The molecule has 2 aromatic carbocycles. The summed E-state index contributed by atoms with van der Waals surface area (Å²) in [4.78, 5) is 2.70. The Kier molecular flexibility index (Phi) is 7.10. The van der Waals surface area contributed by atoms with E-state index in [0.29, 0.717) is 12.5 Å². The quantitative estimate of drug-likeness (QED) is 0.389. The molecular weight excluding hydrogens is 385 g/mol. The van der Waals surface area contributed by atoms with Gasteiger partial charge in [0.05, 0.1) is 15.8 Å². The first-order chi connectivity index (χ1) is 12.2. The van der Waals surface area contributed by atoms with Gasteiger partial charge in [0.1, 0.15) is 0 Å². The molecule has 4 nitrogen and oxygen atoms in total. The molecule has 0 aliphatic carbocycles. The van der Waals surface area contributed by atoms with E-state index >= 15 is 0 Å². The standard InChI is InChI=1S/C17H19F3N2O2S2/c1-2-7-16(25-14-9-4-3-5-10-14)21-22-26(23,24)15-11-6-8-13(12-15)17(18,19)20/h3-6,8-12,16,21-22H,2,7H2,1H3. The molecule has 0 spiro atoms. The number of thioether (sulfide) groups is 1. The lowest BCUT2D eigenvalue weighted by Gasteiger charge is -2.18. The van der Waals surface area contributed by atoms with Crippen LogP contribution in [0.25, 0.3) is 0 Å². The van der Waals surface area contributed by atoms with E-state index in [1.807, 2.05) is 37.3 Å². The maximum Gasteiger partial charge on any atom is 0.416 e. The molecule has 0 aromatic heterocycles. The molecule has 142 valence electrons. The lowest BCUT2D eigenvalue weighted by atomic mass is 10.2. The molecule has 0 saturated carbocycles. The van der Waals surface area contributed by atoms with E-state index in [1.165, 1.54) is 11.8 Å². The van der Waals surface area contributed by atoms with Crippen LogP contribution in [0, 0.1) is 0 Å². The Labute approximate surface area is 155 Å². The number of alkyl halides is 3. The van der Waals surface area contributed by atoms with Crippen LogP contribution in [0.4, 0.5) is 13.2 Å². The molecule has 1 unspecified atom stereocenters. The van der Waals surface area contributed by atoms with E-state index in [9.17, 15) is 21.6 Å². The third-order valence-corrected chi connectivity index (χ3v) is 5.84. The summed E-state index contributed by atoms with van der Waals surface area (Å²) in [6.45, 7) is 1.96. The Hall–Kier alpha value is -1.55. The van der Waals surface area contributed by atoms with E-state index in [-0.39, 0.29) is 5.37 Å². The summed E-state index contributed by atoms with van der Waals surface area (Å²) >= 11 is 1.44. The van der Waals surface area contributed by atoms with Gasteiger partial charge in [-0.3, -0.25) is 0 Å². The van der Waals surface area contributed by atoms with Crippen molar-refractivity contribution in [3.63, 3.8) is 0 Å². The second-order valence-corrected chi connectivity index (χ2v) is 8.44. The fourth-order valence-electron chi connectivity index (χ4n) is 2.13. The molecule has 0 amide bonds. The normalized spacial score (nSPS) is 13.5. The van der Waals surface area contributed by atoms with Gasteiger partial charge in [0.15, 0.2) is 0 Å². The highest BCUT2D eigenvalue weighted by atomic mass is 32.2. The maximum absolute atomic E-state index is 12.8. The van der Waals surface area contributed by atoms with Gasteiger partial charge in [0.2, 0.25) is 0 Å². The van der Waals surface area contributed by atoms with Gasteiger partial charge in [0.25, 0.3) is 10.0 Å². The van der Waals surface area contributed by atoms with Crippen molar-refractivity contribution in [3.8, 4) is 0 Å². The minimum atomic E-state index is -4.60. The van der Waals surface area contributed by atoms with Gasteiger partial charge in [0, 0.05) is 4.90 Å². The van der Waals surface area contributed by atoms with Crippen molar-refractivity contribution in [1.82, 2.24) is 10.3 Å². The van der Waals surface area contributed by atoms with Crippen molar-refractivity contribution in [2.45, 2.75) is 41.1 Å². The molecule has 2 aromatic rings. The topological polar surface area (TPSA) is 58.2 Å². The average Bonchev–Trinajstić information content (AvgIpc) is 2.60. The molecule has 0 heterocycles. The molecule has 0 aliphatic heterocycles. The van der Waals surface area contributed by atoms with Crippen molar-refractivity contribution in [3.05, 3.63) is 60.2 Å². The van der Waals surface area contributed by atoms with Crippen LogP contribution in [0.1, 0.15) is 25.3 Å². The zero-order chi connectivity index (χ0) is 19.2. The van der Waals surface area contributed by atoms with Crippen LogP contribution >= 0.6 is 11.8 Å². The van der Waals surface area contributed by atoms with E-state index in [2.05, 4.69) is 10.3 Å². The van der Waals surface area contributed by atoms with Crippen LogP contribution < -0.4 is 10.3 Å². The molecule has 0 bridgehead atoms. The largest absolute Gasteiger partial charge is 0.416 e.